The van der Waals surface area contributed by atoms with Crippen LogP contribution >= 0.6 is 11.6 Å². The van der Waals surface area contributed by atoms with E-state index in [0.29, 0.717) is 35.0 Å². The SMILES string of the molecule is O=C(c1cc(-n2cccn2)ccc1Cl)N1C[C@H]2C[C@@H](C1)[C@H](CO)N1CCCC[C@@H]21. The standard InChI is InChI=1S/C22H27ClN4O2/c23-19-6-5-17(27-9-3-7-24-27)11-18(19)22(29)25-12-15-10-16(13-25)21(14-28)26-8-2-1-4-20(15)26/h3,5-7,9,11,15-16,20-21,28H,1-2,4,8,10,12-14H2/t15-,16+,20+,21+/m1/s1. The summed E-state index contributed by atoms with van der Waals surface area (Å²) < 4.78 is 1.74. The summed E-state index contributed by atoms with van der Waals surface area (Å²) in [6, 6.07) is 7.98. The van der Waals surface area contributed by atoms with Crippen LogP contribution in [0.2, 0.25) is 5.02 Å². The van der Waals surface area contributed by atoms with Crippen LogP contribution in [0.1, 0.15) is 36.0 Å². The van der Waals surface area contributed by atoms with Crippen LogP contribution in [0.3, 0.4) is 0 Å². The number of aliphatic hydroxyl groups excluding tert-OH is 1. The number of piperidine rings is 3. The van der Waals surface area contributed by atoms with Crippen molar-refractivity contribution in [1.29, 1.82) is 0 Å². The van der Waals surface area contributed by atoms with Gasteiger partial charge in [0.15, 0.2) is 0 Å². The summed E-state index contributed by atoms with van der Waals surface area (Å²) >= 11 is 6.43. The lowest BCUT2D eigenvalue weighted by atomic mass is 9.72. The third kappa shape index (κ3) is 3.37. The first-order valence-corrected chi connectivity index (χ1v) is 11.0. The van der Waals surface area contributed by atoms with Gasteiger partial charge in [0, 0.05) is 37.6 Å². The Bertz CT molecular complexity index is 873. The molecule has 4 atom stereocenters. The van der Waals surface area contributed by atoms with Crippen LogP contribution < -0.4 is 0 Å². The first-order chi connectivity index (χ1) is 14.2. The molecule has 0 aliphatic carbocycles. The number of fused-ring (bicyclic) bond motifs is 4. The van der Waals surface area contributed by atoms with Gasteiger partial charge < -0.3 is 10.0 Å². The van der Waals surface area contributed by atoms with Crippen molar-refractivity contribution in [3.63, 3.8) is 0 Å². The fraction of sp³-hybridized carbons (Fsp3) is 0.545. The molecule has 2 bridgehead atoms. The molecule has 3 saturated heterocycles. The van der Waals surface area contributed by atoms with E-state index in [4.69, 9.17) is 11.6 Å². The Labute approximate surface area is 176 Å². The number of aromatic nitrogens is 2. The number of halogens is 1. The molecule has 7 heteroatoms. The molecule has 2 aromatic rings. The second-order valence-electron chi connectivity index (χ2n) is 8.63. The van der Waals surface area contributed by atoms with Crippen molar-refractivity contribution >= 4 is 17.5 Å². The summed E-state index contributed by atoms with van der Waals surface area (Å²) in [5, 5.41) is 14.8. The molecule has 0 saturated carbocycles. The minimum absolute atomic E-state index is 0.0142. The van der Waals surface area contributed by atoms with E-state index in [9.17, 15) is 9.90 Å². The van der Waals surface area contributed by atoms with Crippen LogP contribution in [0.5, 0.6) is 0 Å². The van der Waals surface area contributed by atoms with E-state index in [1.807, 2.05) is 29.3 Å². The van der Waals surface area contributed by atoms with Crippen molar-refractivity contribution in [2.45, 2.75) is 37.8 Å². The maximum Gasteiger partial charge on any atom is 0.255 e. The van der Waals surface area contributed by atoms with Gasteiger partial charge in [-0.25, -0.2) is 4.68 Å². The lowest BCUT2D eigenvalue weighted by Crippen LogP contribution is -2.65. The molecular formula is C22H27ClN4O2. The minimum atomic E-state index is -0.0142. The second kappa shape index (κ2) is 7.74. The summed E-state index contributed by atoms with van der Waals surface area (Å²) in [5.74, 6) is 0.790. The number of nitrogens with zero attached hydrogens (tertiary/aromatic N) is 4. The van der Waals surface area contributed by atoms with Crippen LogP contribution in [0.4, 0.5) is 0 Å². The van der Waals surface area contributed by atoms with Gasteiger partial charge >= 0.3 is 0 Å². The first kappa shape index (κ1) is 19.1. The molecule has 1 aromatic heterocycles. The lowest BCUT2D eigenvalue weighted by molar-refractivity contribution is -0.0795. The molecule has 0 radical (unpaired) electrons. The highest BCUT2D eigenvalue weighted by molar-refractivity contribution is 6.33. The summed E-state index contributed by atoms with van der Waals surface area (Å²) in [7, 11) is 0. The van der Waals surface area contributed by atoms with Gasteiger partial charge in [-0.1, -0.05) is 18.0 Å². The number of hydrogen-bond donors (Lipinski definition) is 1. The van der Waals surface area contributed by atoms with Gasteiger partial charge in [-0.15, -0.1) is 0 Å². The van der Waals surface area contributed by atoms with E-state index >= 15 is 0 Å². The number of amides is 1. The van der Waals surface area contributed by atoms with Crippen molar-refractivity contribution in [3.8, 4) is 5.69 Å². The summed E-state index contributed by atoms with van der Waals surface area (Å²) in [6.45, 7) is 2.71. The van der Waals surface area contributed by atoms with Crippen molar-refractivity contribution in [2.75, 3.05) is 26.2 Å². The lowest BCUT2D eigenvalue weighted by Gasteiger charge is -2.56. The molecule has 0 unspecified atom stereocenters. The summed E-state index contributed by atoms with van der Waals surface area (Å²) in [6.07, 6.45) is 8.30. The zero-order valence-corrected chi connectivity index (χ0v) is 17.2. The number of carbonyl (C=O) groups excluding carboxylic acids is 1. The highest BCUT2D eigenvalue weighted by Crippen LogP contribution is 2.41. The maximum atomic E-state index is 13.5. The number of carbonyl (C=O) groups is 1. The van der Waals surface area contributed by atoms with Crippen LogP contribution in [0, 0.1) is 11.8 Å². The first-order valence-electron chi connectivity index (χ1n) is 10.6. The number of hydrogen-bond acceptors (Lipinski definition) is 4. The summed E-state index contributed by atoms with van der Waals surface area (Å²) in [4.78, 5) is 18.0. The van der Waals surface area contributed by atoms with Crippen LogP contribution in [0.25, 0.3) is 5.69 Å². The van der Waals surface area contributed by atoms with Crippen molar-refractivity contribution in [1.82, 2.24) is 19.6 Å². The fourth-order valence-electron chi connectivity index (χ4n) is 5.74. The molecule has 1 amide bonds. The Hall–Kier alpha value is -1.89. The monoisotopic (exact) mass is 414 g/mol. The summed E-state index contributed by atoms with van der Waals surface area (Å²) in [5.41, 5.74) is 1.35. The molecule has 3 aliphatic rings. The number of likely N-dealkylation sites (tertiary alicyclic amines) is 1. The van der Waals surface area contributed by atoms with E-state index in [1.54, 1.807) is 16.9 Å². The average molecular weight is 415 g/mol. The van der Waals surface area contributed by atoms with Gasteiger partial charge in [0.2, 0.25) is 0 Å². The number of aliphatic hydroxyl groups is 1. The van der Waals surface area contributed by atoms with Gasteiger partial charge in [-0.3, -0.25) is 9.69 Å². The van der Waals surface area contributed by atoms with Gasteiger partial charge in [-0.2, -0.15) is 5.10 Å². The van der Waals surface area contributed by atoms with Crippen molar-refractivity contribution in [3.05, 3.63) is 47.2 Å². The largest absolute Gasteiger partial charge is 0.395 e. The topological polar surface area (TPSA) is 61.6 Å². The normalized spacial score (nSPS) is 29.5. The molecular weight excluding hydrogens is 388 g/mol. The molecule has 0 spiro atoms. The molecule has 3 aliphatic heterocycles. The minimum Gasteiger partial charge on any atom is -0.395 e. The smallest absolute Gasteiger partial charge is 0.255 e. The number of rotatable bonds is 3. The average Bonchev–Trinajstić information content (AvgIpc) is 3.29. The molecule has 154 valence electrons. The Morgan fingerprint density at radius 3 is 2.90 bits per heavy atom. The molecule has 29 heavy (non-hydrogen) atoms. The van der Waals surface area contributed by atoms with E-state index in [0.717, 1.165) is 25.2 Å². The molecule has 3 fully saturated rings. The Morgan fingerprint density at radius 1 is 1.24 bits per heavy atom. The maximum absolute atomic E-state index is 13.5. The quantitative estimate of drug-likeness (QED) is 0.838. The fourth-order valence-corrected chi connectivity index (χ4v) is 5.93. The Balaban J connectivity index is 1.42. The predicted octanol–water partition coefficient (Wildman–Crippen LogP) is 2.83. The predicted molar refractivity (Wildman–Crippen MR) is 111 cm³/mol. The van der Waals surface area contributed by atoms with Crippen LogP contribution in [0.15, 0.2) is 36.7 Å². The second-order valence-corrected chi connectivity index (χ2v) is 9.04. The van der Waals surface area contributed by atoms with Gasteiger partial charge in [0.25, 0.3) is 5.91 Å². The van der Waals surface area contributed by atoms with Gasteiger partial charge in [0.1, 0.15) is 0 Å². The van der Waals surface area contributed by atoms with Crippen LogP contribution in [-0.4, -0.2) is 68.9 Å². The van der Waals surface area contributed by atoms with Gasteiger partial charge in [0.05, 0.1) is 22.9 Å². The van der Waals surface area contributed by atoms with Crippen LogP contribution in [-0.2, 0) is 0 Å². The van der Waals surface area contributed by atoms with E-state index < -0.39 is 0 Å². The zero-order chi connectivity index (χ0) is 20.0. The third-order valence-electron chi connectivity index (χ3n) is 7.05. The Morgan fingerprint density at radius 2 is 2.10 bits per heavy atom. The van der Waals surface area contributed by atoms with Gasteiger partial charge in [-0.05, 0) is 61.9 Å². The van der Waals surface area contributed by atoms with E-state index in [-0.39, 0.29) is 18.6 Å². The zero-order valence-electron chi connectivity index (χ0n) is 16.5. The Kier molecular flexibility index (Phi) is 5.10. The number of benzene rings is 1. The van der Waals surface area contributed by atoms with E-state index in [1.165, 1.54) is 19.3 Å². The van der Waals surface area contributed by atoms with Crippen molar-refractivity contribution < 1.29 is 9.90 Å². The molecule has 1 N–H and O–H groups in total. The third-order valence-corrected chi connectivity index (χ3v) is 7.37. The van der Waals surface area contributed by atoms with Crippen molar-refractivity contribution in [2.24, 2.45) is 11.8 Å². The van der Waals surface area contributed by atoms with E-state index in [2.05, 4.69) is 10.00 Å². The molecule has 5 rings (SSSR count). The highest BCUT2D eigenvalue weighted by Gasteiger charge is 2.47. The molecule has 1 aromatic carbocycles. The molecule has 4 heterocycles. The molecule has 6 nitrogen and oxygen atoms in total. The highest BCUT2D eigenvalue weighted by atomic mass is 35.5.